The van der Waals surface area contributed by atoms with Crippen molar-refractivity contribution in [1.82, 2.24) is 19.1 Å². The minimum atomic E-state index is 0.858. The van der Waals surface area contributed by atoms with Crippen LogP contribution in [0.5, 0.6) is 0 Å². The molecule has 0 amide bonds. The summed E-state index contributed by atoms with van der Waals surface area (Å²) in [5, 5.41) is 0.956. The maximum Gasteiger partial charge on any atom is 0.180 e. The maximum atomic E-state index is 5.57. The first-order valence-corrected chi connectivity index (χ1v) is 8.85. The molecule has 2 heterocycles. The van der Waals surface area contributed by atoms with E-state index in [4.69, 9.17) is 12.2 Å². The van der Waals surface area contributed by atoms with Crippen LogP contribution in [0, 0.1) is 4.77 Å². The van der Waals surface area contributed by atoms with Crippen LogP contribution in [0.3, 0.4) is 0 Å². The van der Waals surface area contributed by atoms with Crippen LogP contribution in [-0.4, -0.2) is 24.9 Å². The zero-order chi connectivity index (χ0) is 15.8. The number of aromatic amines is 1. The van der Waals surface area contributed by atoms with Crippen molar-refractivity contribution < 1.29 is 0 Å². The summed E-state index contributed by atoms with van der Waals surface area (Å²) in [5.41, 5.74) is 4.45. The minimum Gasteiger partial charge on any atom is -0.333 e. The maximum absolute atomic E-state index is 5.57. The summed E-state index contributed by atoms with van der Waals surface area (Å²) in [6.07, 6.45) is 0. The molecule has 0 aliphatic heterocycles. The van der Waals surface area contributed by atoms with E-state index in [0.717, 1.165) is 33.3 Å². The molecule has 0 saturated carbocycles. The Kier molecular flexibility index (Phi) is 3.71. The monoisotopic (exact) mass is 340 g/mol. The Bertz CT molecular complexity index is 1010. The van der Waals surface area contributed by atoms with Gasteiger partial charge >= 0.3 is 0 Å². The fourth-order valence-corrected chi connectivity index (χ4v) is 3.91. The van der Waals surface area contributed by atoms with Crippen LogP contribution in [0.25, 0.3) is 22.1 Å². The number of aromatic nitrogens is 4. The van der Waals surface area contributed by atoms with Crippen molar-refractivity contribution in [2.75, 3.05) is 5.75 Å². The van der Waals surface area contributed by atoms with Crippen LogP contribution in [0.4, 0.5) is 0 Å². The summed E-state index contributed by atoms with van der Waals surface area (Å²) in [5.74, 6) is 0.919. The SMILES string of the molecule is Cn1c(=S)n(CCSc2nc3ccccc3[nH]2)c2ccccc21. The van der Waals surface area contributed by atoms with E-state index in [9.17, 15) is 0 Å². The van der Waals surface area contributed by atoms with Crippen LogP contribution >= 0.6 is 24.0 Å². The van der Waals surface area contributed by atoms with Crippen LogP contribution in [0.1, 0.15) is 0 Å². The van der Waals surface area contributed by atoms with Gasteiger partial charge in [0.15, 0.2) is 9.93 Å². The normalized spacial score (nSPS) is 11.5. The smallest absolute Gasteiger partial charge is 0.180 e. The van der Waals surface area contributed by atoms with Crippen molar-refractivity contribution in [2.45, 2.75) is 11.7 Å². The van der Waals surface area contributed by atoms with Gasteiger partial charge in [0, 0.05) is 19.3 Å². The number of benzene rings is 2. The highest BCUT2D eigenvalue weighted by atomic mass is 32.2. The molecule has 23 heavy (non-hydrogen) atoms. The topological polar surface area (TPSA) is 38.5 Å². The molecule has 4 aromatic rings. The van der Waals surface area contributed by atoms with Gasteiger partial charge in [-0.05, 0) is 36.5 Å². The van der Waals surface area contributed by atoms with Crippen LogP contribution < -0.4 is 0 Å². The highest BCUT2D eigenvalue weighted by molar-refractivity contribution is 7.99. The van der Waals surface area contributed by atoms with Crippen molar-refractivity contribution in [3.63, 3.8) is 0 Å². The average Bonchev–Trinajstić information content (AvgIpc) is 3.09. The van der Waals surface area contributed by atoms with E-state index >= 15 is 0 Å². The number of imidazole rings is 2. The Morgan fingerprint density at radius 3 is 2.65 bits per heavy atom. The summed E-state index contributed by atoms with van der Waals surface area (Å²) in [7, 11) is 2.02. The number of hydrogen-bond donors (Lipinski definition) is 1. The van der Waals surface area contributed by atoms with Gasteiger partial charge in [0.2, 0.25) is 0 Å². The Morgan fingerprint density at radius 1 is 1.09 bits per heavy atom. The number of hydrogen-bond acceptors (Lipinski definition) is 3. The molecule has 0 bridgehead atoms. The van der Waals surface area contributed by atoms with Crippen molar-refractivity contribution in [1.29, 1.82) is 0 Å². The molecule has 0 saturated heterocycles. The summed E-state index contributed by atoms with van der Waals surface area (Å²) in [4.78, 5) is 7.95. The number of para-hydroxylation sites is 4. The molecule has 4 nitrogen and oxygen atoms in total. The van der Waals surface area contributed by atoms with Crippen molar-refractivity contribution in [2.24, 2.45) is 7.05 Å². The van der Waals surface area contributed by atoms with E-state index < -0.39 is 0 Å². The van der Waals surface area contributed by atoms with E-state index in [0.29, 0.717) is 0 Å². The molecular formula is C17H16N4S2. The predicted molar refractivity (Wildman–Crippen MR) is 98.6 cm³/mol. The van der Waals surface area contributed by atoms with Gasteiger partial charge in [-0.1, -0.05) is 36.0 Å². The number of nitrogens with one attached hydrogen (secondary N) is 1. The van der Waals surface area contributed by atoms with Gasteiger partial charge in [-0.25, -0.2) is 4.98 Å². The largest absolute Gasteiger partial charge is 0.333 e. The summed E-state index contributed by atoms with van der Waals surface area (Å²) >= 11 is 7.29. The molecule has 0 unspecified atom stereocenters. The van der Waals surface area contributed by atoms with Crippen LogP contribution in [-0.2, 0) is 13.6 Å². The Balaban J connectivity index is 1.55. The van der Waals surface area contributed by atoms with Gasteiger partial charge in [-0.2, -0.15) is 0 Å². The van der Waals surface area contributed by atoms with Crippen molar-refractivity contribution in [3.05, 3.63) is 53.3 Å². The van der Waals surface area contributed by atoms with Gasteiger partial charge in [0.25, 0.3) is 0 Å². The first-order valence-electron chi connectivity index (χ1n) is 7.46. The first-order chi connectivity index (χ1) is 11.2. The van der Waals surface area contributed by atoms with Crippen molar-refractivity contribution in [3.8, 4) is 0 Å². The van der Waals surface area contributed by atoms with Gasteiger partial charge in [-0.3, -0.25) is 0 Å². The molecule has 0 radical (unpaired) electrons. The average molecular weight is 340 g/mol. The zero-order valence-electron chi connectivity index (χ0n) is 12.7. The van der Waals surface area contributed by atoms with Crippen LogP contribution in [0.2, 0.25) is 0 Å². The quantitative estimate of drug-likeness (QED) is 0.443. The molecule has 0 aliphatic carbocycles. The van der Waals surface area contributed by atoms with Crippen molar-refractivity contribution >= 4 is 46.0 Å². The highest BCUT2D eigenvalue weighted by Crippen LogP contribution is 2.21. The number of fused-ring (bicyclic) bond motifs is 2. The molecule has 2 aromatic carbocycles. The van der Waals surface area contributed by atoms with E-state index in [-0.39, 0.29) is 0 Å². The zero-order valence-corrected chi connectivity index (χ0v) is 14.3. The van der Waals surface area contributed by atoms with E-state index in [1.807, 2.05) is 37.4 Å². The lowest BCUT2D eigenvalue weighted by atomic mass is 10.3. The molecule has 6 heteroatoms. The fourth-order valence-electron chi connectivity index (χ4n) is 2.81. The third-order valence-electron chi connectivity index (χ3n) is 3.97. The first kappa shape index (κ1) is 14.5. The number of aryl methyl sites for hydroxylation is 2. The summed E-state index contributed by atoms with van der Waals surface area (Å²) < 4.78 is 5.12. The summed E-state index contributed by atoms with van der Waals surface area (Å²) in [6.45, 7) is 0.863. The molecule has 0 fully saturated rings. The third-order valence-corrected chi connectivity index (χ3v) is 5.32. The van der Waals surface area contributed by atoms with Gasteiger partial charge < -0.3 is 14.1 Å². The fraction of sp³-hybridized carbons (Fsp3) is 0.176. The third kappa shape index (κ3) is 2.58. The number of nitrogens with zero attached hydrogens (tertiary/aromatic N) is 3. The molecule has 1 N–H and O–H groups in total. The van der Waals surface area contributed by atoms with Gasteiger partial charge in [0.1, 0.15) is 0 Å². The number of H-pyrrole nitrogens is 1. The second-order valence-corrected chi connectivity index (χ2v) is 6.84. The Labute approximate surface area is 143 Å². The Morgan fingerprint density at radius 2 is 1.83 bits per heavy atom. The number of rotatable bonds is 4. The minimum absolute atomic E-state index is 0.858. The highest BCUT2D eigenvalue weighted by Gasteiger charge is 2.08. The molecular weight excluding hydrogens is 324 g/mol. The lowest BCUT2D eigenvalue weighted by Gasteiger charge is -2.03. The predicted octanol–water partition coefficient (Wildman–Crippen LogP) is 4.38. The lowest BCUT2D eigenvalue weighted by molar-refractivity contribution is 0.746. The molecule has 2 aromatic heterocycles. The van der Waals surface area contributed by atoms with Gasteiger partial charge in [0.05, 0.1) is 22.1 Å². The molecule has 116 valence electrons. The number of thioether (sulfide) groups is 1. The van der Waals surface area contributed by atoms with E-state index in [1.54, 1.807) is 11.8 Å². The molecule has 0 aliphatic rings. The van der Waals surface area contributed by atoms with E-state index in [2.05, 4.69) is 37.3 Å². The lowest BCUT2D eigenvalue weighted by Crippen LogP contribution is -2.01. The standard InChI is InChI=1S/C17H16N4S2/c1-20-14-8-4-5-9-15(14)21(17(20)22)10-11-23-16-18-12-6-2-3-7-13(12)19-16/h2-9H,10-11H2,1H3,(H,18,19). The Hall–Kier alpha value is -2.05. The van der Waals surface area contributed by atoms with E-state index in [1.165, 1.54) is 11.0 Å². The second-order valence-electron chi connectivity index (χ2n) is 5.39. The summed E-state index contributed by atoms with van der Waals surface area (Å²) in [6, 6.07) is 16.4. The second kappa shape index (κ2) is 5.86. The molecule has 0 spiro atoms. The molecule has 0 atom stereocenters. The van der Waals surface area contributed by atoms with Gasteiger partial charge in [-0.15, -0.1) is 0 Å². The van der Waals surface area contributed by atoms with Crippen LogP contribution in [0.15, 0.2) is 53.7 Å². The molecule has 4 rings (SSSR count).